The van der Waals surface area contributed by atoms with Gasteiger partial charge in [0.2, 0.25) is 6.23 Å². The lowest BCUT2D eigenvalue weighted by atomic mass is 10.1. The molecule has 82 valence electrons. The van der Waals surface area contributed by atoms with Crippen molar-refractivity contribution in [1.82, 2.24) is 10.2 Å². The smallest absolute Gasteiger partial charge is 0.370 e. The molecule has 0 aromatic heterocycles. The Labute approximate surface area is 79.9 Å². The van der Waals surface area contributed by atoms with E-state index in [1.165, 1.54) is 0 Å². The summed E-state index contributed by atoms with van der Waals surface area (Å²) < 4.78 is 36.5. The van der Waals surface area contributed by atoms with Gasteiger partial charge in [-0.05, 0) is 18.9 Å². The van der Waals surface area contributed by atoms with Crippen LogP contribution in [0.2, 0.25) is 0 Å². The lowest BCUT2D eigenvalue weighted by Crippen LogP contribution is -2.45. The summed E-state index contributed by atoms with van der Waals surface area (Å²) in [5.74, 6) is 0.270. The Balaban J connectivity index is 1.96. The molecule has 2 fully saturated rings. The van der Waals surface area contributed by atoms with Gasteiger partial charge in [0.25, 0.3) is 0 Å². The molecule has 14 heavy (non-hydrogen) atoms. The summed E-state index contributed by atoms with van der Waals surface area (Å²) in [6, 6.07) is 0.131. The fraction of sp³-hybridized carbons (Fsp3) is 1.00. The average molecular weight is 210 g/mol. The van der Waals surface area contributed by atoms with Crippen LogP contribution in [0, 0.1) is 5.92 Å². The van der Waals surface area contributed by atoms with E-state index in [4.69, 9.17) is 5.11 Å². The van der Waals surface area contributed by atoms with E-state index in [1.54, 1.807) is 0 Å². The first-order chi connectivity index (χ1) is 6.48. The van der Waals surface area contributed by atoms with Crippen LogP contribution in [0.3, 0.4) is 0 Å². The number of fused-ring (bicyclic) bond motifs is 1. The summed E-state index contributed by atoms with van der Waals surface area (Å²) in [4.78, 5) is 1.10. The number of likely N-dealkylation sites (tertiary alicyclic amines) is 1. The van der Waals surface area contributed by atoms with Gasteiger partial charge in [-0.3, -0.25) is 4.90 Å². The topological polar surface area (TPSA) is 35.5 Å². The molecular formula is C8H13F3N2O. The Hall–Kier alpha value is -0.330. The number of aliphatic hydroxyl groups excluding tert-OH is 1. The Kier molecular flexibility index (Phi) is 2.45. The predicted octanol–water partition coefficient (Wildman–Crippen LogP) is 0.161. The Morgan fingerprint density at radius 3 is 2.64 bits per heavy atom. The molecular weight excluding hydrogens is 197 g/mol. The molecule has 0 aromatic carbocycles. The van der Waals surface area contributed by atoms with Gasteiger partial charge in [-0.25, -0.2) is 0 Å². The fourth-order valence-electron chi connectivity index (χ4n) is 2.29. The molecule has 0 bridgehead atoms. The van der Waals surface area contributed by atoms with Crippen LogP contribution in [-0.4, -0.2) is 48.1 Å². The molecule has 2 heterocycles. The minimum atomic E-state index is -4.53. The van der Waals surface area contributed by atoms with Gasteiger partial charge >= 0.3 is 6.18 Å². The first-order valence-electron chi connectivity index (χ1n) is 4.70. The van der Waals surface area contributed by atoms with Crippen LogP contribution in [0.25, 0.3) is 0 Å². The second kappa shape index (κ2) is 3.36. The van der Waals surface area contributed by atoms with Crippen molar-refractivity contribution in [2.24, 2.45) is 5.92 Å². The lowest BCUT2D eigenvalue weighted by molar-refractivity contribution is -0.247. The van der Waals surface area contributed by atoms with Crippen molar-refractivity contribution in [3.05, 3.63) is 0 Å². The zero-order chi connectivity index (χ0) is 10.3. The van der Waals surface area contributed by atoms with E-state index in [0.717, 1.165) is 17.9 Å². The van der Waals surface area contributed by atoms with Gasteiger partial charge in [-0.2, -0.15) is 13.2 Å². The molecule has 3 unspecified atom stereocenters. The van der Waals surface area contributed by atoms with E-state index in [9.17, 15) is 13.2 Å². The molecule has 0 aromatic rings. The molecule has 0 aliphatic carbocycles. The molecule has 2 N–H and O–H groups in total. The molecule has 3 atom stereocenters. The Bertz CT molecular complexity index is 209. The summed E-state index contributed by atoms with van der Waals surface area (Å²) in [7, 11) is 0. The molecule has 0 amide bonds. The molecule has 2 aliphatic rings. The maximum Gasteiger partial charge on any atom is 0.428 e. The van der Waals surface area contributed by atoms with Crippen molar-refractivity contribution in [3.63, 3.8) is 0 Å². The van der Waals surface area contributed by atoms with Crippen molar-refractivity contribution in [1.29, 1.82) is 0 Å². The molecule has 0 radical (unpaired) electrons. The summed E-state index contributed by atoms with van der Waals surface area (Å²) in [5, 5.41) is 12.1. The third-order valence-corrected chi connectivity index (χ3v) is 3.03. The number of aliphatic hydroxyl groups is 1. The van der Waals surface area contributed by atoms with Crippen LogP contribution in [0.15, 0.2) is 0 Å². The highest BCUT2D eigenvalue weighted by Gasteiger charge is 2.47. The number of nitrogens with one attached hydrogen (secondary N) is 1. The molecule has 3 nitrogen and oxygen atoms in total. The first-order valence-corrected chi connectivity index (χ1v) is 4.70. The molecule has 2 aliphatic heterocycles. The number of alkyl halides is 3. The van der Waals surface area contributed by atoms with Crippen LogP contribution in [-0.2, 0) is 0 Å². The van der Waals surface area contributed by atoms with Gasteiger partial charge in [0.05, 0.1) is 0 Å². The van der Waals surface area contributed by atoms with E-state index < -0.39 is 12.4 Å². The van der Waals surface area contributed by atoms with Crippen molar-refractivity contribution >= 4 is 0 Å². The third kappa shape index (κ3) is 1.74. The van der Waals surface area contributed by atoms with Crippen molar-refractivity contribution < 1.29 is 18.3 Å². The second-order valence-corrected chi connectivity index (χ2v) is 3.98. The van der Waals surface area contributed by atoms with E-state index in [-0.39, 0.29) is 12.0 Å². The van der Waals surface area contributed by atoms with E-state index in [2.05, 4.69) is 5.32 Å². The largest absolute Gasteiger partial charge is 0.428 e. The van der Waals surface area contributed by atoms with E-state index >= 15 is 0 Å². The Morgan fingerprint density at radius 1 is 1.36 bits per heavy atom. The van der Waals surface area contributed by atoms with Crippen LogP contribution >= 0.6 is 0 Å². The highest BCUT2D eigenvalue weighted by molar-refractivity contribution is 4.95. The minimum absolute atomic E-state index is 0.131. The summed E-state index contributed by atoms with van der Waals surface area (Å²) in [6.45, 7) is 1.52. The average Bonchev–Trinajstić information content (AvgIpc) is 2.58. The summed E-state index contributed by atoms with van der Waals surface area (Å²) in [6.07, 6.45) is -5.92. The monoisotopic (exact) mass is 210 g/mol. The van der Waals surface area contributed by atoms with Gasteiger partial charge in [0.1, 0.15) is 0 Å². The number of nitrogens with zero attached hydrogens (tertiary/aromatic N) is 1. The van der Waals surface area contributed by atoms with Crippen molar-refractivity contribution in [3.8, 4) is 0 Å². The third-order valence-electron chi connectivity index (χ3n) is 3.03. The fourth-order valence-corrected chi connectivity index (χ4v) is 2.29. The number of halogens is 3. The standard InChI is InChI=1S/C8H13F3N2O/c9-8(10,11)7(14)13-3-5-1-2-12-6(5)4-13/h5-7,12,14H,1-4H2. The first kappa shape index (κ1) is 10.2. The zero-order valence-electron chi connectivity index (χ0n) is 7.59. The van der Waals surface area contributed by atoms with Gasteiger partial charge in [0, 0.05) is 19.1 Å². The summed E-state index contributed by atoms with van der Waals surface area (Å²) >= 11 is 0. The number of hydrogen-bond acceptors (Lipinski definition) is 3. The van der Waals surface area contributed by atoms with E-state index in [1.807, 2.05) is 0 Å². The van der Waals surface area contributed by atoms with E-state index in [0.29, 0.717) is 13.1 Å². The van der Waals surface area contributed by atoms with Crippen LogP contribution in [0.1, 0.15) is 6.42 Å². The molecule has 2 saturated heterocycles. The van der Waals surface area contributed by atoms with Crippen LogP contribution < -0.4 is 5.32 Å². The molecule has 2 rings (SSSR count). The SMILES string of the molecule is OC(N1CC2CCNC2C1)C(F)(F)F. The number of rotatable bonds is 1. The minimum Gasteiger partial charge on any atom is -0.370 e. The van der Waals surface area contributed by atoms with Gasteiger partial charge < -0.3 is 10.4 Å². The highest BCUT2D eigenvalue weighted by Crippen LogP contribution is 2.30. The van der Waals surface area contributed by atoms with Gasteiger partial charge in [-0.15, -0.1) is 0 Å². The van der Waals surface area contributed by atoms with Gasteiger partial charge in [-0.1, -0.05) is 0 Å². The summed E-state index contributed by atoms with van der Waals surface area (Å²) in [5.41, 5.74) is 0. The Morgan fingerprint density at radius 2 is 2.07 bits per heavy atom. The van der Waals surface area contributed by atoms with Crippen molar-refractivity contribution in [2.75, 3.05) is 19.6 Å². The van der Waals surface area contributed by atoms with Crippen LogP contribution in [0.4, 0.5) is 13.2 Å². The maximum absolute atomic E-state index is 12.2. The predicted molar refractivity (Wildman–Crippen MR) is 43.5 cm³/mol. The highest BCUT2D eigenvalue weighted by atomic mass is 19.4. The zero-order valence-corrected chi connectivity index (χ0v) is 7.59. The maximum atomic E-state index is 12.2. The lowest BCUT2D eigenvalue weighted by Gasteiger charge is -2.25. The number of hydrogen-bond donors (Lipinski definition) is 2. The molecule has 0 spiro atoms. The second-order valence-electron chi connectivity index (χ2n) is 3.98. The van der Waals surface area contributed by atoms with Gasteiger partial charge in [0.15, 0.2) is 0 Å². The molecule has 6 heteroatoms. The quantitative estimate of drug-likeness (QED) is 0.647. The van der Waals surface area contributed by atoms with Crippen LogP contribution in [0.5, 0.6) is 0 Å². The normalized spacial score (nSPS) is 36.0. The van der Waals surface area contributed by atoms with Crippen molar-refractivity contribution in [2.45, 2.75) is 24.9 Å². The molecule has 0 saturated carbocycles.